The third-order valence-electron chi connectivity index (χ3n) is 2.36. The van der Waals surface area contributed by atoms with Crippen molar-refractivity contribution in [1.29, 1.82) is 0 Å². The fourth-order valence-corrected chi connectivity index (χ4v) is 2.51. The molecule has 0 saturated heterocycles. The molecular formula is C12H10ClNOS. The van der Waals surface area contributed by atoms with E-state index in [1.807, 2.05) is 6.92 Å². The maximum atomic E-state index is 12.1. The Labute approximate surface area is 103 Å². The second kappa shape index (κ2) is 4.28. The molecule has 0 saturated carbocycles. The van der Waals surface area contributed by atoms with Crippen LogP contribution in [-0.4, -0.2) is 5.78 Å². The molecule has 0 unspecified atom stereocenters. The van der Waals surface area contributed by atoms with Crippen molar-refractivity contribution < 1.29 is 4.79 Å². The maximum absolute atomic E-state index is 12.1. The van der Waals surface area contributed by atoms with E-state index in [0.29, 0.717) is 21.2 Å². The molecule has 0 fully saturated rings. The van der Waals surface area contributed by atoms with Crippen molar-refractivity contribution in [2.75, 3.05) is 5.73 Å². The van der Waals surface area contributed by atoms with Crippen LogP contribution in [0.1, 0.15) is 20.8 Å². The van der Waals surface area contributed by atoms with Crippen LogP contribution in [0.3, 0.4) is 0 Å². The average Bonchev–Trinajstić information content (AvgIpc) is 2.67. The second-order valence-electron chi connectivity index (χ2n) is 3.50. The number of carbonyl (C=O) groups is 1. The summed E-state index contributed by atoms with van der Waals surface area (Å²) < 4.78 is 0. The maximum Gasteiger partial charge on any atom is 0.204 e. The lowest BCUT2D eigenvalue weighted by Crippen LogP contribution is -2.01. The quantitative estimate of drug-likeness (QED) is 0.656. The van der Waals surface area contributed by atoms with Gasteiger partial charge in [-0.25, -0.2) is 0 Å². The number of thiophene rings is 1. The molecule has 0 amide bonds. The Bertz CT molecular complexity index is 548. The number of hydrogen-bond acceptors (Lipinski definition) is 3. The van der Waals surface area contributed by atoms with E-state index < -0.39 is 0 Å². The number of nitrogens with two attached hydrogens (primary N) is 1. The van der Waals surface area contributed by atoms with Crippen molar-refractivity contribution in [2.45, 2.75) is 6.92 Å². The highest BCUT2D eigenvalue weighted by molar-refractivity contribution is 7.13. The van der Waals surface area contributed by atoms with Crippen LogP contribution in [0, 0.1) is 6.92 Å². The number of carbonyl (C=O) groups excluding carboxylic acids is 1. The Balaban J connectivity index is 2.42. The van der Waals surface area contributed by atoms with Crippen molar-refractivity contribution in [2.24, 2.45) is 0 Å². The number of aryl methyl sites for hydroxylation is 1. The zero-order valence-electron chi connectivity index (χ0n) is 8.66. The highest BCUT2D eigenvalue weighted by Gasteiger charge is 2.14. The molecule has 0 aliphatic carbocycles. The van der Waals surface area contributed by atoms with E-state index in [2.05, 4.69) is 0 Å². The highest BCUT2D eigenvalue weighted by Crippen LogP contribution is 2.26. The normalized spacial score (nSPS) is 10.4. The third kappa shape index (κ3) is 1.96. The summed E-state index contributed by atoms with van der Waals surface area (Å²) in [6.45, 7) is 1.88. The van der Waals surface area contributed by atoms with E-state index in [9.17, 15) is 4.79 Å². The molecule has 4 heteroatoms. The van der Waals surface area contributed by atoms with Gasteiger partial charge in [-0.05, 0) is 42.1 Å². The first-order chi connectivity index (χ1) is 7.59. The van der Waals surface area contributed by atoms with E-state index in [-0.39, 0.29) is 5.78 Å². The number of hydrogen-bond donors (Lipinski definition) is 1. The van der Waals surface area contributed by atoms with Crippen molar-refractivity contribution >= 4 is 34.4 Å². The number of benzene rings is 1. The Morgan fingerprint density at radius 1 is 1.38 bits per heavy atom. The average molecular weight is 252 g/mol. The van der Waals surface area contributed by atoms with Gasteiger partial charge in [0.15, 0.2) is 0 Å². The van der Waals surface area contributed by atoms with Crippen molar-refractivity contribution in [3.05, 3.63) is 50.7 Å². The summed E-state index contributed by atoms with van der Waals surface area (Å²) in [7, 11) is 0. The molecule has 1 aromatic carbocycles. The minimum atomic E-state index is -0.0527. The van der Waals surface area contributed by atoms with Crippen molar-refractivity contribution in [3.63, 3.8) is 0 Å². The van der Waals surface area contributed by atoms with Gasteiger partial charge in [0.2, 0.25) is 5.78 Å². The molecule has 0 atom stereocenters. The smallest absolute Gasteiger partial charge is 0.204 e. The lowest BCUT2D eigenvalue weighted by atomic mass is 10.1. The number of rotatable bonds is 2. The predicted octanol–water partition coefficient (Wildman–Crippen LogP) is 3.52. The number of anilines is 1. The Morgan fingerprint density at radius 3 is 2.69 bits per heavy atom. The van der Waals surface area contributed by atoms with Crippen LogP contribution in [0.2, 0.25) is 5.02 Å². The van der Waals surface area contributed by atoms with Gasteiger partial charge in [0.25, 0.3) is 0 Å². The van der Waals surface area contributed by atoms with E-state index in [0.717, 1.165) is 5.56 Å². The van der Waals surface area contributed by atoms with Gasteiger partial charge < -0.3 is 5.73 Å². The van der Waals surface area contributed by atoms with E-state index in [1.54, 1.807) is 29.6 Å². The second-order valence-corrected chi connectivity index (χ2v) is 4.82. The van der Waals surface area contributed by atoms with Crippen molar-refractivity contribution in [3.8, 4) is 0 Å². The molecule has 2 nitrogen and oxygen atoms in total. The summed E-state index contributed by atoms with van der Waals surface area (Å²) in [6.07, 6.45) is 0. The lowest BCUT2D eigenvalue weighted by Gasteiger charge is -2.03. The summed E-state index contributed by atoms with van der Waals surface area (Å²) >= 11 is 7.27. The van der Waals surface area contributed by atoms with Crippen LogP contribution < -0.4 is 5.73 Å². The molecule has 1 aromatic heterocycles. The fourth-order valence-electron chi connectivity index (χ4n) is 1.40. The van der Waals surface area contributed by atoms with Crippen LogP contribution >= 0.6 is 22.9 Å². The van der Waals surface area contributed by atoms with E-state index in [4.69, 9.17) is 17.3 Å². The zero-order valence-corrected chi connectivity index (χ0v) is 10.2. The van der Waals surface area contributed by atoms with Gasteiger partial charge >= 0.3 is 0 Å². The monoisotopic (exact) mass is 251 g/mol. The minimum Gasteiger partial charge on any atom is -0.399 e. The first kappa shape index (κ1) is 11.2. The molecule has 0 spiro atoms. The molecule has 0 bridgehead atoms. The first-order valence-corrected chi connectivity index (χ1v) is 5.99. The van der Waals surface area contributed by atoms with Gasteiger partial charge in [0.1, 0.15) is 0 Å². The Kier molecular flexibility index (Phi) is 2.99. The van der Waals surface area contributed by atoms with E-state index >= 15 is 0 Å². The van der Waals surface area contributed by atoms with Gasteiger partial charge in [-0.15, -0.1) is 11.3 Å². The minimum absolute atomic E-state index is 0.0527. The van der Waals surface area contributed by atoms with Crippen LogP contribution in [0.4, 0.5) is 5.69 Å². The van der Waals surface area contributed by atoms with Crippen LogP contribution in [0.25, 0.3) is 0 Å². The summed E-state index contributed by atoms with van der Waals surface area (Å²) in [5.41, 5.74) is 7.91. The molecule has 0 aliphatic rings. The highest BCUT2D eigenvalue weighted by atomic mass is 35.5. The number of halogens is 1. The summed E-state index contributed by atoms with van der Waals surface area (Å²) in [5.74, 6) is -0.0527. The summed E-state index contributed by atoms with van der Waals surface area (Å²) in [4.78, 5) is 12.7. The molecule has 16 heavy (non-hydrogen) atoms. The van der Waals surface area contributed by atoms with Gasteiger partial charge in [0, 0.05) is 11.3 Å². The Hall–Kier alpha value is -1.32. The summed E-state index contributed by atoms with van der Waals surface area (Å²) in [6, 6.07) is 6.97. The van der Waals surface area contributed by atoms with Gasteiger partial charge in [-0.3, -0.25) is 4.79 Å². The molecule has 0 radical (unpaired) electrons. The largest absolute Gasteiger partial charge is 0.399 e. The number of ketones is 1. The number of nitrogen functional groups attached to an aromatic ring is 1. The van der Waals surface area contributed by atoms with Crippen LogP contribution in [-0.2, 0) is 0 Å². The fraction of sp³-hybridized carbons (Fsp3) is 0.0833. The Morgan fingerprint density at radius 2 is 2.12 bits per heavy atom. The van der Waals surface area contributed by atoms with Crippen molar-refractivity contribution in [1.82, 2.24) is 0 Å². The van der Waals surface area contributed by atoms with Gasteiger partial charge in [-0.2, -0.15) is 0 Å². The molecule has 2 rings (SSSR count). The molecular weight excluding hydrogens is 242 g/mol. The molecule has 82 valence electrons. The molecule has 2 N–H and O–H groups in total. The first-order valence-electron chi connectivity index (χ1n) is 4.73. The SMILES string of the molecule is Cc1cc(C(=O)c2sccc2Cl)ccc1N. The lowest BCUT2D eigenvalue weighted by molar-refractivity contribution is 0.104. The topological polar surface area (TPSA) is 43.1 Å². The standard InChI is InChI=1S/C12H10ClNOS/c1-7-6-8(2-3-10(7)14)11(15)12-9(13)4-5-16-12/h2-6H,14H2,1H3. The molecule has 1 heterocycles. The van der Waals surface area contributed by atoms with E-state index in [1.165, 1.54) is 11.3 Å². The predicted molar refractivity (Wildman–Crippen MR) is 68.4 cm³/mol. The summed E-state index contributed by atoms with van der Waals surface area (Å²) in [5, 5.41) is 2.31. The third-order valence-corrected chi connectivity index (χ3v) is 3.70. The zero-order chi connectivity index (χ0) is 11.7. The van der Waals surface area contributed by atoms with Crippen LogP contribution in [0.15, 0.2) is 29.6 Å². The van der Waals surface area contributed by atoms with Gasteiger partial charge in [0.05, 0.1) is 9.90 Å². The van der Waals surface area contributed by atoms with Crippen LogP contribution in [0.5, 0.6) is 0 Å². The molecule has 2 aromatic rings. The molecule has 0 aliphatic heterocycles. The van der Waals surface area contributed by atoms with Gasteiger partial charge in [-0.1, -0.05) is 11.6 Å².